The van der Waals surface area contributed by atoms with E-state index < -0.39 is 0 Å². The van der Waals surface area contributed by atoms with Crippen LogP contribution in [-0.2, 0) is 4.79 Å². The lowest BCUT2D eigenvalue weighted by molar-refractivity contribution is -0.120. The lowest BCUT2D eigenvalue weighted by Gasteiger charge is -2.06. The van der Waals surface area contributed by atoms with Crippen LogP contribution in [0.2, 0.25) is 0 Å². The maximum absolute atomic E-state index is 11.5. The first-order chi connectivity index (χ1) is 8.74. The number of carbonyl (C=O) groups excluding carboxylic acids is 1. The van der Waals surface area contributed by atoms with Gasteiger partial charge in [-0.05, 0) is 12.8 Å². The molecule has 0 aliphatic heterocycles. The van der Waals surface area contributed by atoms with E-state index in [4.69, 9.17) is 5.21 Å². The minimum Gasteiger partial charge on any atom is -0.356 e. The first-order valence-corrected chi connectivity index (χ1v) is 6.94. The minimum absolute atomic E-state index is 0.0955. The molecule has 106 valence electrons. The third-order valence-electron chi connectivity index (χ3n) is 2.62. The fraction of sp³-hybridized carbons (Fsp3) is 0.846. The van der Waals surface area contributed by atoms with E-state index in [0.717, 1.165) is 38.5 Å². The van der Waals surface area contributed by atoms with Gasteiger partial charge in [0.1, 0.15) is 5.84 Å². The van der Waals surface area contributed by atoms with Crippen molar-refractivity contribution in [3.05, 3.63) is 0 Å². The molecule has 0 fully saturated rings. The summed E-state index contributed by atoms with van der Waals surface area (Å²) >= 11 is 0. The van der Waals surface area contributed by atoms with Gasteiger partial charge >= 0.3 is 0 Å². The molecule has 0 saturated heterocycles. The number of nitrogens with zero attached hydrogens (tertiary/aromatic N) is 1. The van der Waals surface area contributed by atoms with Crippen molar-refractivity contribution in [1.29, 1.82) is 0 Å². The van der Waals surface area contributed by atoms with Gasteiger partial charge < -0.3 is 5.32 Å². The summed E-state index contributed by atoms with van der Waals surface area (Å²) in [6, 6.07) is 0. The number of amides is 1. The maximum atomic E-state index is 11.5. The lowest BCUT2D eigenvalue weighted by atomic mass is 10.2. The molecule has 0 radical (unpaired) electrons. The molecule has 0 aliphatic carbocycles. The highest BCUT2D eigenvalue weighted by atomic mass is 16.5. The van der Waals surface area contributed by atoms with Gasteiger partial charge in [-0.15, -0.1) is 0 Å². The van der Waals surface area contributed by atoms with Crippen molar-refractivity contribution in [2.45, 2.75) is 58.8 Å². The molecular formula is C13H27N3O2. The van der Waals surface area contributed by atoms with Crippen molar-refractivity contribution in [2.24, 2.45) is 4.99 Å². The smallest absolute Gasteiger partial charge is 0.227 e. The van der Waals surface area contributed by atoms with Gasteiger partial charge in [-0.2, -0.15) is 0 Å². The second-order valence-corrected chi connectivity index (χ2v) is 4.38. The summed E-state index contributed by atoms with van der Waals surface area (Å²) < 4.78 is 0. The monoisotopic (exact) mass is 257 g/mol. The van der Waals surface area contributed by atoms with Crippen LogP contribution in [0.25, 0.3) is 0 Å². The minimum atomic E-state index is -0.0955. The van der Waals surface area contributed by atoms with Crippen LogP contribution < -0.4 is 10.8 Å². The highest BCUT2D eigenvalue weighted by Gasteiger charge is 2.05. The third kappa shape index (κ3) is 10.1. The van der Waals surface area contributed by atoms with Crippen LogP contribution in [0.15, 0.2) is 4.99 Å². The van der Waals surface area contributed by atoms with Gasteiger partial charge in [0.2, 0.25) is 5.91 Å². The van der Waals surface area contributed by atoms with Gasteiger partial charge in [0.25, 0.3) is 0 Å². The molecule has 0 heterocycles. The van der Waals surface area contributed by atoms with Gasteiger partial charge in [0.05, 0.1) is 6.42 Å². The van der Waals surface area contributed by atoms with Gasteiger partial charge in [-0.1, -0.05) is 39.5 Å². The number of amidine groups is 1. The van der Waals surface area contributed by atoms with Crippen LogP contribution in [-0.4, -0.2) is 30.0 Å². The van der Waals surface area contributed by atoms with Crippen molar-refractivity contribution in [3.63, 3.8) is 0 Å². The number of carbonyl (C=O) groups is 1. The Labute approximate surface area is 110 Å². The Hall–Kier alpha value is -1.10. The Bertz CT molecular complexity index is 242. The maximum Gasteiger partial charge on any atom is 0.227 e. The fourth-order valence-corrected chi connectivity index (χ4v) is 1.52. The Kier molecular flexibility index (Phi) is 11.6. The van der Waals surface area contributed by atoms with Crippen LogP contribution in [0, 0.1) is 0 Å². The topological polar surface area (TPSA) is 73.7 Å². The van der Waals surface area contributed by atoms with Crippen molar-refractivity contribution in [1.82, 2.24) is 10.8 Å². The van der Waals surface area contributed by atoms with Crippen molar-refractivity contribution >= 4 is 11.7 Å². The standard InChI is InChI=1S/C13H27N3O2/c1-3-5-7-9-14-12(16-18)11-13(17)15-10-8-6-4-2/h18H,3-11H2,1-2H3,(H,14,16)(H,15,17). The van der Waals surface area contributed by atoms with E-state index >= 15 is 0 Å². The van der Waals surface area contributed by atoms with Crippen molar-refractivity contribution < 1.29 is 10.0 Å². The van der Waals surface area contributed by atoms with Gasteiger partial charge in [-0.3, -0.25) is 20.5 Å². The van der Waals surface area contributed by atoms with E-state index in [2.05, 4.69) is 24.2 Å². The lowest BCUT2D eigenvalue weighted by Crippen LogP contribution is -2.31. The van der Waals surface area contributed by atoms with E-state index in [9.17, 15) is 4.79 Å². The normalized spacial score (nSPS) is 11.4. The Morgan fingerprint density at radius 2 is 1.78 bits per heavy atom. The molecule has 5 nitrogen and oxygen atoms in total. The largest absolute Gasteiger partial charge is 0.356 e. The van der Waals surface area contributed by atoms with E-state index in [0.29, 0.717) is 18.9 Å². The number of hydroxylamine groups is 1. The molecule has 0 bridgehead atoms. The highest BCUT2D eigenvalue weighted by molar-refractivity contribution is 5.99. The summed E-state index contributed by atoms with van der Waals surface area (Å²) in [4.78, 5) is 15.7. The summed E-state index contributed by atoms with van der Waals surface area (Å²) in [5.41, 5.74) is 2.00. The highest BCUT2D eigenvalue weighted by Crippen LogP contribution is 1.95. The van der Waals surface area contributed by atoms with E-state index in [-0.39, 0.29) is 12.3 Å². The predicted octanol–water partition coefficient (Wildman–Crippen LogP) is 2.25. The molecular weight excluding hydrogens is 230 g/mol. The van der Waals surface area contributed by atoms with Crippen LogP contribution >= 0.6 is 0 Å². The van der Waals surface area contributed by atoms with Gasteiger partial charge in [-0.25, -0.2) is 0 Å². The van der Waals surface area contributed by atoms with E-state index in [1.807, 2.05) is 5.48 Å². The molecule has 0 saturated carbocycles. The quantitative estimate of drug-likeness (QED) is 0.243. The zero-order chi connectivity index (χ0) is 13.6. The number of hydrogen-bond acceptors (Lipinski definition) is 3. The molecule has 0 atom stereocenters. The number of hydrogen-bond donors (Lipinski definition) is 3. The van der Waals surface area contributed by atoms with Crippen LogP contribution in [0.3, 0.4) is 0 Å². The Morgan fingerprint density at radius 1 is 1.11 bits per heavy atom. The average Bonchev–Trinajstić information content (AvgIpc) is 2.38. The van der Waals surface area contributed by atoms with Gasteiger partial charge in [0.15, 0.2) is 0 Å². The molecule has 3 N–H and O–H groups in total. The molecule has 0 rings (SSSR count). The second-order valence-electron chi connectivity index (χ2n) is 4.38. The van der Waals surface area contributed by atoms with Crippen molar-refractivity contribution in [3.8, 4) is 0 Å². The van der Waals surface area contributed by atoms with Crippen molar-refractivity contribution in [2.75, 3.05) is 13.1 Å². The molecule has 18 heavy (non-hydrogen) atoms. The molecule has 0 aromatic carbocycles. The molecule has 5 heteroatoms. The molecule has 0 aliphatic rings. The average molecular weight is 257 g/mol. The van der Waals surface area contributed by atoms with Crippen LogP contribution in [0.5, 0.6) is 0 Å². The van der Waals surface area contributed by atoms with E-state index in [1.54, 1.807) is 0 Å². The van der Waals surface area contributed by atoms with Crippen LogP contribution in [0.4, 0.5) is 0 Å². The van der Waals surface area contributed by atoms with Crippen LogP contribution in [0.1, 0.15) is 58.8 Å². The summed E-state index contributed by atoms with van der Waals surface area (Å²) in [6.07, 6.45) is 6.61. The first-order valence-electron chi connectivity index (χ1n) is 6.94. The Balaban J connectivity index is 3.78. The first kappa shape index (κ1) is 16.9. The summed E-state index contributed by atoms with van der Waals surface area (Å²) in [5.74, 6) is 0.251. The molecule has 0 unspecified atom stereocenters. The summed E-state index contributed by atoms with van der Waals surface area (Å²) in [7, 11) is 0. The molecule has 0 aromatic heterocycles. The zero-order valence-corrected chi connectivity index (χ0v) is 11.7. The zero-order valence-electron chi connectivity index (χ0n) is 11.7. The third-order valence-corrected chi connectivity index (χ3v) is 2.62. The van der Waals surface area contributed by atoms with Gasteiger partial charge in [0, 0.05) is 13.1 Å². The molecule has 0 aromatic rings. The Morgan fingerprint density at radius 3 is 2.39 bits per heavy atom. The number of nitrogens with one attached hydrogen (secondary N) is 2. The second kappa shape index (κ2) is 12.4. The molecule has 1 amide bonds. The number of aliphatic imine (C=N–C) groups is 1. The summed E-state index contributed by atoms with van der Waals surface area (Å²) in [5, 5.41) is 11.7. The molecule has 0 spiro atoms. The number of rotatable bonds is 10. The SMILES string of the molecule is CCCCCN=C(CC(=O)NCCCCC)NO. The number of unbranched alkanes of at least 4 members (excludes halogenated alkanes) is 4. The predicted molar refractivity (Wildman–Crippen MR) is 73.9 cm³/mol. The fourth-order valence-electron chi connectivity index (χ4n) is 1.52. The summed E-state index contributed by atoms with van der Waals surface area (Å²) in [6.45, 7) is 5.60. The van der Waals surface area contributed by atoms with E-state index in [1.165, 1.54) is 0 Å².